The van der Waals surface area contributed by atoms with Gasteiger partial charge < -0.3 is 14.8 Å². The maximum Gasteiger partial charge on any atom is 0.341 e. The van der Waals surface area contributed by atoms with Crippen LogP contribution < -0.4 is 10.1 Å². The van der Waals surface area contributed by atoms with E-state index in [0.717, 1.165) is 47.3 Å². The summed E-state index contributed by atoms with van der Waals surface area (Å²) in [6.45, 7) is -0.131. The number of aryl methyl sites for hydroxylation is 1. The number of hydrogen-bond donors (Lipinski definition) is 1. The van der Waals surface area contributed by atoms with Gasteiger partial charge in [-0.3, -0.25) is 4.79 Å². The zero-order valence-corrected chi connectivity index (χ0v) is 17.6. The first-order chi connectivity index (χ1) is 14.7. The molecule has 0 bridgehead atoms. The summed E-state index contributed by atoms with van der Waals surface area (Å²) in [5.41, 5.74) is 3.72. The van der Waals surface area contributed by atoms with Gasteiger partial charge in [0, 0.05) is 4.88 Å². The molecular weight excluding hydrogens is 398 g/mol. The molecule has 30 heavy (non-hydrogen) atoms. The minimum absolute atomic E-state index is 0.131. The van der Waals surface area contributed by atoms with E-state index < -0.39 is 5.97 Å². The van der Waals surface area contributed by atoms with Crippen molar-refractivity contribution in [3.8, 4) is 16.9 Å². The Hall–Kier alpha value is -3.12. The Morgan fingerprint density at radius 3 is 2.40 bits per heavy atom. The number of carbonyl (C=O) groups excluding carboxylic acids is 2. The Morgan fingerprint density at radius 2 is 1.67 bits per heavy atom. The Labute approximate surface area is 179 Å². The Kier molecular flexibility index (Phi) is 6.14. The van der Waals surface area contributed by atoms with E-state index in [9.17, 15) is 9.59 Å². The quantitative estimate of drug-likeness (QED) is 0.563. The number of fused-ring (bicyclic) bond motifs is 1. The van der Waals surface area contributed by atoms with Crippen molar-refractivity contribution in [2.45, 2.75) is 25.7 Å². The number of benzene rings is 2. The summed E-state index contributed by atoms with van der Waals surface area (Å²) in [5, 5.41) is 3.40. The van der Waals surface area contributed by atoms with E-state index in [1.165, 1.54) is 18.4 Å². The fraction of sp³-hybridized carbons (Fsp3) is 0.250. The SMILES string of the molecule is COC(=O)c1c(NC(=O)COc2ccc(-c3ccccc3)cc2)sc2c1CCCC2. The van der Waals surface area contributed by atoms with Crippen molar-refractivity contribution in [1.82, 2.24) is 0 Å². The summed E-state index contributed by atoms with van der Waals surface area (Å²) in [4.78, 5) is 25.9. The molecular formula is C24H23NO4S. The molecule has 1 heterocycles. The largest absolute Gasteiger partial charge is 0.484 e. The number of carbonyl (C=O) groups is 2. The van der Waals surface area contributed by atoms with E-state index in [-0.39, 0.29) is 12.5 Å². The van der Waals surface area contributed by atoms with Crippen molar-refractivity contribution >= 4 is 28.2 Å². The topological polar surface area (TPSA) is 64.6 Å². The molecule has 0 atom stereocenters. The number of ether oxygens (including phenoxy) is 2. The first-order valence-corrected chi connectivity index (χ1v) is 10.8. The Bertz CT molecular complexity index is 1040. The Morgan fingerprint density at radius 1 is 0.967 bits per heavy atom. The first kappa shape index (κ1) is 20.2. The summed E-state index contributed by atoms with van der Waals surface area (Å²) in [6.07, 6.45) is 3.92. The fourth-order valence-corrected chi connectivity index (χ4v) is 4.95. The molecule has 1 aliphatic carbocycles. The van der Waals surface area contributed by atoms with Crippen LogP contribution >= 0.6 is 11.3 Å². The van der Waals surface area contributed by atoms with Crippen LogP contribution in [0.3, 0.4) is 0 Å². The number of esters is 1. The van der Waals surface area contributed by atoms with Crippen molar-refractivity contribution in [3.63, 3.8) is 0 Å². The monoisotopic (exact) mass is 421 g/mol. The third kappa shape index (κ3) is 4.39. The minimum Gasteiger partial charge on any atom is -0.484 e. The van der Waals surface area contributed by atoms with Gasteiger partial charge >= 0.3 is 5.97 Å². The van der Waals surface area contributed by atoms with Crippen molar-refractivity contribution in [1.29, 1.82) is 0 Å². The van der Waals surface area contributed by atoms with Gasteiger partial charge in [0.1, 0.15) is 10.8 Å². The molecule has 1 amide bonds. The van der Waals surface area contributed by atoms with E-state index in [1.54, 1.807) is 0 Å². The second-order valence-electron chi connectivity index (χ2n) is 7.13. The third-order valence-electron chi connectivity index (χ3n) is 5.15. The second kappa shape index (κ2) is 9.13. The molecule has 1 aromatic heterocycles. The predicted octanol–water partition coefficient (Wildman–Crippen LogP) is 5.10. The van der Waals surface area contributed by atoms with Crippen LogP contribution in [0.4, 0.5) is 5.00 Å². The highest BCUT2D eigenvalue weighted by Gasteiger charge is 2.26. The highest BCUT2D eigenvalue weighted by atomic mass is 32.1. The summed E-state index contributed by atoms with van der Waals surface area (Å²) in [6, 6.07) is 17.7. The van der Waals surface area contributed by atoms with Crippen molar-refractivity contribution < 1.29 is 19.1 Å². The van der Waals surface area contributed by atoms with Crippen LogP contribution in [0.5, 0.6) is 5.75 Å². The van der Waals surface area contributed by atoms with Crippen molar-refractivity contribution in [2.24, 2.45) is 0 Å². The number of rotatable bonds is 6. The van der Waals surface area contributed by atoms with Gasteiger partial charge in [0.2, 0.25) is 0 Å². The normalized spacial score (nSPS) is 12.7. The lowest BCUT2D eigenvalue weighted by Gasteiger charge is -2.12. The van der Waals surface area contributed by atoms with Crippen molar-refractivity contribution in [2.75, 3.05) is 19.0 Å². The number of thiophene rings is 1. The van der Waals surface area contributed by atoms with E-state index in [4.69, 9.17) is 9.47 Å². The zero-order chi connectivity index (χ0) is 20.9. The molecule has 0 aliphatic heterocycles. The standard InChI is InChI=1S/C24H23NO4S/c1-28-24(27)22-19-9-5-6-10-20(19)30-23(22)25-21(26)15-29-18-13-11-17(12-14-18)16-7-3-2-4-8-16/h2-4,7-8,11-14H,5-6,9-10,15H2,1H3,(H,25,26). The maximum absolute atomic E-state index is 12.5. The summed E-state index contributed by atoms with van der Waals surface area (Å²) in [5.74, 6) is -0.0866. The number of methoxy groups -OCH3 is 1. The molecule has 1 N–H and O–H groups in total. The van der Waals surface area contributed by atoms with Crippen LogP contribution in [-0.2, 0) is 22.4 Å². The van der Waals surface area contributed by atoms with Crippen LogP contribution in [0.2, 0.25) is 0 Å². The van der Waals surface area contributed by atoms with Gasteiger partial charge in [0.15, 0.2) is 6.61 Å². The molecule has 154 valence electrons. The van der Waals surface area contributed by atoms with Gasteiger partial charge in [-0.2, -0.15) is 0 Å². The number of amides is 1. The lowest BCUT2D eigenvalue weighted by molar-refractivity contribution is -0.118. The first-order valence-electron chi connectivity index (χ1n) is 9.96. The highest BCUT2D eigenvalue weighted by molar-refractivity contribution is 7.17. The van der Waals surface area contributed by atoms with Gasteiger partial charge in [-0.25, -0.2) is 4.79 Å². The molecule has 2 aromatic carbocycles. The minimum atomic E-state index is -0.401. The van der Waals surface area contributed by atoms with Crippen LogP contribution in [-0.4, -0.2) is 25.6 Å². The molecule has 6 heteroatoms. The van der Waals surface area contributed by atoms with Gasteiger partial charge in [0.25, 0.3) is 5.91 Å². The third-order valence-corrected chi connectivity index (χ3v) is 6.35. The number of anilines is 1. The molecule has 0 radical (unpaired) electrons. The lowest BCUT2D eigenvalue weighted by atomic mass is 9.95. The number of hydrogen-bond acceptors (Lipinski definition) is 5. The molecule has 1 aliphatic rings. The average Bonchev–Trinajstić information content (AvgIpc) is 3.16. The fourth-order valence-electron chi connectivity index (χ4n) is 3.66. The van der Waals surface area contributed by atoms with Crippen LogP contribution in [0.15, 0.2) is 54.6 Å². The average molecular weight is 422 g/mol. The van der Waals surface area contributed by atoms with E-state index in [0.29, 0.717) is 16.3 Å². The molecule has 0 unspecified atom stereocenters. The van der Waals surface area contributed by atoms with Gasteiger partial charge in [-0.15, -0.1) is 11.3 Å². The van der Waals surface area contributed by atoms with E-state index in [2.05, 4.69) is 5.32 Å². The Balaban J connectivity index is 1.41. The van der Waals surface area contributed by atoms with Crippen LogP contribution in [0.1, 0.15) is 33.6 Å². The van der Waals surface area contributed by atoms with E-state index in [1.807, 2.05) is 54.6 Å². The van der Waals surface area contributed by atoms with E-state index >= 15 is 0 Å². The molecule has 0 saturated heterocycles. The lowest BCUT2D eigenvalue weighted by Crippen LogP contribution is -2.21. The van der Waals surface area contributed by atoms with Gasteiger partial charge in [-0.1, -0.05) is 42.5 Å². The molecule has 3 aromatic rings. The maximum atomic E-state index is 12.5. The number of nitrogens with one attached hydrogen (secondary N) is 1. The van der Waals surface area contributed by atoms with Crippen LogP contribution in [0.25, 0.3) is 11.1 Å². The summed E-state index contributed by atoms with van der Waals surface area (Å²) in [7, 11) is 1.36. The van der Waals surface area contributed by atoms with Crippen molar-refractivity contribution in [3.05, 3.63) is 70.6 Å². The predicted molar refractivity (Wildman–Crippen MR) is 118 cm³/mol. The summed E-state index contributed by atoms with van der Waals surface area (Å²) < 4.78 is 10.6. The van der Waals surface area contributed by atoms with Gasteiger partial charge in [-0.05, 0) is 54.5 Å². The smallest absolute Gasteiger partial charge is 0.341 e. The highest BCUT2D eigenvalue weighted by Crippen LogP contribution is 2.38. The molecule has 0 saturated carbocycles. The van der Waals surface area contributed by atoms with Gasteiger partial charge in [0.05, 0.1) is 12.7 Å². The second-order valence-corrected chi connectivity index (χ2v) is 8.24. The molecule has 4 rings (SSSR count). The zero-order valence-electron chi connectivity index (χ0n) is 16.8. The summed E-state index contributed by atoms with van der Waals surface area (Å²) >= 11 is 1.47. The molecule has 0 fully saturated rings. The molecule has 5 nitrogen and oxygen atoms in total. The molecule has 0 spiro atoms. The van der Waals surface area contributed by atoms with Crippen LogP contribution in [0, 0.1) is 0 Å².